The minimum Gasteiger partial charge on any atom is -0.349 e. The molecular formula is C17H23N3O2. The number of hydrogen-bond acceptors (Lipinski definition) is 3. The van der Waals surface area contributed by atoms with Crippen LogP contribution in [0.2, 0.25) is 0 Å². The standard InChI is InChI=1S/C17H23N3O2/c21-16(14-6-3-9-18-12-14)19-15-7-10-20(11-8-15)17(22)13-4-1-2-5-13/h3,6,9,12-13,15H,1-2,4-5,7-8,10-11H2,(H,19,21). The highest BCUT2D eigenvalue weighted by molar-refractivity contribution is 5.94. The fourth-order valence-corrected chi connectivity index (χ4v) is 3.44. The molecule has 0 radical (unpaired) electrons. The lowest BCUT2D eigenvalue weighted by Crippen LogP contribution is -2.47. The highest BCUT2D eigenvalue weighted by Gasteiger charge is 2.30. The molecule has 5 heteroatoms. The van der Waals surface area contributed by atoms with Crippen LogP contribution in [0.3, 0.4) is 0 Å². The van der Waals surface area contributed by atoms with E-state index in [1.54, 1.807) is 24.5 Å². The number of nitrogens with zero attached hydrogens (tertiary/aromatic N) is 2. The highest BCUT2D eigenvalue weighted by Crippen LogP contribution is 2.27. The molecule has 1 aliphatic heterocycles. The number of aromatic nitrogens is 1. The summed E-state index contributed by atoms with van der Waals surface area (Å²) in [5, 5.41) is 3.05. The maximum Gasteiger partial charge on any atom is 0.253 e. The number of nitrogens with one attached hydrogen (secondary N) is 1. The van der Waals surface area contributed by atoms with Gasteiger partial charge in [-0.15, -0.1) is 0 Å². The van der Waals surface area contributed by atoms with Crippen LogP contribution in [0.25, 0.3) is 0 Å². The van der Waals surface area contributed by atoms with Gasteiger partial charge in [-0.2, -0.15) is 0 Å². The first kappa shape index (κ1) is 15.0. The Kier molecular flexibility index (Phi) is 4.71. The molecule has 22 heavy (non-hydrogen) atoms. The summed E-state index contributed by atoms with van der Waals surface area (Å²) in [6.45, 7) is 1.51. The number of amides is 2. The van der Waals surface area contributed by atoms with Gasteiger partial charge in [-0.25, -0.2) is 0 Å². The van der Waals surface area contributed by atoms with Gasteiger partial charge in [0.15, 0.2) is 0 Å². The van der Waals surface area contributed by atoms with Gasteiger partial charge in [0.05, 0.1) is 5.56 Å². The zero-order valence-electron chi connectivity index (χ0n) is 12.8. The third-order valence-electron chi connectivity index (χ3n) is 4.77. The first-order valence-corrected chi connectivity index (χ1v) is 8.24. The quantitative estimate of drug-likeness (QED) is 0.928. The van der Waals surface area contributed by atoms with Crippen LogP contribution >= 0.6 is 0 Å². The summed E-state index contributed by atoms with van der Waals surface area (Å²) >= 11 is 0. The minimum absolute atomic E-state index is 0.0753. The van der Waals surface area contributed by atoms with Crippen LogP contribution in [0.15, 0.2) is 24.5 Å². The maximum atomic E-state index is 12.4. The molecule has 1 saturated heterocycles. The van der Waals surface area contributed by atoms with Crippen LogP contribution in [-0.2, 0) is 4.79 Å². The summed E-state index contributed by atoms with van der Waals surface area (Å²) in [6, 6.07) is 3.68. The second-order valence-corrected chi connectivity index (χ2v) is 6.30. The number of carbonyl (C=O) groups excluding carboxylic acids is 2. The number of piperidine rings is 1. The van der Waals surface area contributed by atoms with Crippen LogP contribution in [0.4, 0.5) is 0 Å². The smallest absolute Gasteiger partial charge is 0.253 e. The van der Waals surface area contributed by atoms with Gasteiger partial charge in [0.25, 0.3) is 5.91 Å². The molecule has 2 heterocycles. The molecule has 1 saturated carbocycles. The van der Waals surface area contributed by atoms with Gasteiger partial charge in [-0.1, -0.05) is 12.8 Å². The van der Waals surface area contributed by atoms with Crippen molar-refractivity contribution in [3.05, 3.63) is 30.1 Å². The Labute approximate surface area is 131 Å². The van der Waals surface area contributed by atoms with E-state index in [2.05, 4.69) is 10.3 Å². The van der Waals surface area contributed by atoms with Crippen molar-refractivity contribution in [2.24, 2.45) is 5.92 Å². The Balaban J connectivity index is 1.47. The molecule has 118 valence electrons. The molecular weight excluding hydrogens is 278 g/mol. The molecule has 5 nitrogen and oxygen atoms in total. The van der Waals surface area contributed by atoms with Crippen molar-refractivity contribution >= 4 is 11.8 Å². The Morgan fingerprint density at radius 1 is 1.14 bits per heavy atom. The molecule has 2 amide bonds. The second kappa shape index (κ2) is 6.90. The Morgan fingerprint density at radius 2 is 1.86 bits per heavy atom. The van der Waals surface area contributed by atoms with Crippen LogP contribution in [0, 0.1) is 5.92 Å². The van der Waals surface area contributed by atoms with E-state index in [1.165, 1.54) is 12.8 Å². The summed E-state index contributed by atoms with van der Waals surface area (Å²) in [6.07, 6.45) is 9.39. The monoisotopic (exact) mass is 301 g/mol. The lowest BCUT2D eigenvalue weighted by atomic mass is 10.0. The molecule has 2 fully saturated rings. The topological polar surface area (TPSA) is 62.3 Å². The number of hydrogen-bond donors (Lipinski definition) is 1. The van der Waals surface area contributed by atoms with Crippen molar-refractivity contribution in [3.8, 4) is 0 Å². The molecule has 3 rings (SSSR count). The first-order chi connectivity index (χ1) is 10.7. The Hall–Kier alpha value is -1.91. The molecule has 1 aliphatic carbocycles. The Bertz CT molecular complexity index is 518. The van der Waals surface area contributed by atoms with Crippen molar-refractivity contribution in [1.82, 2.24) is 15.2 Å². The van der Waals surface area contributed by atoms with Crippen molar-refractivity contribution in [2.75, 3.05) is 13.1 Å². The minimum atomic E-state index is -0.0753. The largest absolute Gasteiger partial charge is 0.349 e. The predicted molar refractivity (Wildman–Crippen MR) is 83.3 cm³/mol. The molecule has 1 aromatic heterocycles. The van der Waals surface area contributed by atoms with E-state index in [9.17, 15) is 9.59 Å². The van der Waals surface area contributed by atoms with Crippen molar-refractivity contribution < 1.29 is 9.59 Å². The fraction of sp³-hybridized carbons (Fsp3) is 0.588. The number of pyridine rings is 1. The molecule has 0 spiro atoms. The summed E-state index contributed by atoms with van der Waals surface area (Å²) < 4.78 is 0. The molecule has 0 unspecified atom stereocenters. The van der Waals surface area contributed by atoms with Crippen LogP contribution < -0.4 is 5.32 Å². The molecule has 1 N–H and O–H groups in total. The number of likely N-dealkylation sites (tertiary alicyclic amines) is 1. The van der Waals surface area contributed by atoms with Crippen LogP contribution in [0.5, 0.6) is 0 Å². The van der Waals surface area contributed by atoms with E-state index in [0.29, 0.717) is 11.5 Å². The van der Waals surface area contributed by atoms with Crippen LogP contribution in [0.1, 0.15) is 48.9 Å². The Morgan fingerprint density at radius 3 is 2.50 bits per heavy atom. The molecule has 2 aliphatic rings. The van der Waals surface area contributed by atoms with E-state index in [1.807, 2.05) is 4.90 Å². The lowest BCUT2D eigenvalue weighted by Gasteiger charge is -2.34. The average Bonchev–Trinajstić information content (AvgIpc) is 3.10. The van der Waals surface area contributed by atoms with Gasteiger partial charge in [0, 0.05) is 37.4 Å². The summed E-state index contributed by atoms with van der Waals surface area (Å²) in [5.74, 6) is 0.504. The third kappa shape index (κ3) is 3.46. The van der Waals surface area contributed by atoms with Gasteiger partial charge in [0.1, 0.15) is 0 Å². The highest BCUT2D eigenvalue weighted by atomic mass is 16.2. The zero-order chi connectivity index (χ0) is 15.4. The van der Waals surface area contributed by atoms with Gasteiger partial charge in [-0.3, -0.25) is 14.6 Å². The van der Waals surface area contributed by atoms with Gasteiger partial charge in [-0.05, 0) is 37.8 Å². The van der Waals surface area contributed by atoms with Gasteiger partial charge >= 0.3 is 0 Å². The van der Waals surface area contributed by atoms with E-state index < -0.39 is 0 Å². The molecule has 0 aromatic carbocycles. The summed E-state index contributed by atoms with van der Waals surface area (Å²) in [5.41, 5.74) is 0.590. The predicted octanol–water partition coefficient (Wildman–Crippen LogP) is 1.99. The van der Waals surface area contributed by atoms with E-state index >= 15 is 0 Å². The molecule has 1 aromatic rings. The van der Waals surface area contributed by atoms with E-state index in [0.717, 1.165) is 38.8 Å². The van der Waals surface area contributed by atoms with E-state index in [4.69, 9.17) is 0 Å². The second-order valence-electron chi connectivity index (χ2n) is 6.30. The van der Waals surface area contributed by atoms with Crippen molar-refractivity contribution in [3.63, 3.8) is 0 Å². The number of rotatable bonds is 3. The van der Waals surface area contributed by atoms with Gasteiger partial charge < -0.3 is 10.2 Å². The van der Waals surface area contributed by atoms with Crippen molar-refractivity contribution in [2.45, 2.75) is 44.6 Å². The normalized spacial score (nSPS) is 20.1. The molecule has 0 bridgehead atoms. The number of carbonyl (C=O) groups is 2. The maximum absolute atomic E-state index is 12.4. The zero-order valence-corrected chi connectivity index (χ0v) is 12.8. The van der Waals surface area contributed by atoms with Crippen LogP contribution in [-0.4, -0.2) is 40.8 Å². The molecule has 0 atom stereocenters. The summed E-state index contributed by atoms with van der Waals surface area (Å²) in [4.78, 5) is 30.4. The van der Waals surface area contributed by atoms with Crippen molar-refractivity contribution in [1.29, 1.82) is 0 Å². The lowest BCUT2D eigenvalue weighted by molar-refractivity contribution is -0.136. The average molecular weight is 301 g/mol. The summed E-state index contributed by atoms with van der Waals surface area (Å²) in [7, 11) is 0. The van der Waals surface area contributed by atoms with Gasteiger partial charge in [0.2, 0.25) is 5.91 Å². The third-order valence-corrected chi connectivity index (χ3v) is 4.77. The fourth-order valence-electron chi connectivity index (χ4n) is 3.44. The SMILES string of the molecule is O=C(NC1CCN(C(=O)C2CCCC2)CC1)c1cccnc1. The first-order valence-electron chi connectivity index (χ1n) is 8.24. The van der Waals surface area contributed by atoms with E-state index in [-0.39, 0.29) is 17.9 Å².